The zero-order chi connectivity index (χ0) is 21.0. The van der Waals surface area contributed by atoms with Crippen LogP contribution in [0, 0.1) is 5.92 Å². The van der Waals surface area contributed by atoms with Gasteiger partial charge in [-0.3, -0.25) is 4.79 Å². The van der Waals surface area contributed by atoms with Crippen LogP contribution in [-0.2, 0) is 9.31 Å². The summed E-state index contributed by atoms with van der Waals surface area (Å²) in [4.78, 5) is 12.8. The largest absolute Gasteiger partial charge is 0.494 e. The van der Waals surface area contributed by atoms with Crippen LogP contribution in [0.4, 0.5) is 8.78 Å². The highest BCUT2D eigenvalue weighted by Gasteiger charge is 2.52. The van der Waals surface area contributed by atoms with Crippen LogP contribution in [0.3, 0.4) is 0 Å². The van der Waals surface area contributed by atoms with Gasteiger partial charge in [-0.1, -0.05) is 6.07 Å². The third-order valence-electron chi connectivity index (χ3n) is 6.37. The van der Waals surface area contributed by atoms with Gasteiger partial charge in [0.15, 0.2) is 0 Å². The molecule has 1 N–H and O–H groups in total. The van der Waals surface area contributed by atoms with E-state index in [4.69, 9.17) is 14.0 Å². The first-order valence-corrected chi connectivity index (χ1v) is 10.3. The van der Waals surface area contributed by atoms with Crippen LogP contribution in [0.25, 0.3) is 0 Å². The van der Waals surface area contributed by atoms with E-state index in [1.165, 1.54) is 0 Å². The van der Waals surface area contributed by atoms with Crippen LogP contribution in [-0.4, -0.2) is 42.8 Å². The van der Waals surface area contributed by atoms with Crippen molar-refractivity contribution in [3.8, 4) is 5.75 Å². The van der Waals surface area contributed by atoms with Gasteiger partial charge in [-0.05, 0) is 64.1 Å². The molecule has 0 atom stereocenters. The molecule has 1 aliphatic heterocycles. The normalized spacial score (nSPS) is 24.8. The molecule has 1 aromatic rings. The first kappa shape index (κ1) is 20.6. The molecule has 0 bridgehead atoms. The minimum Gasteiger partial charge on any atom is -0.492 e. The number of ether oxygens (including phenoxy) is 1. The van der Waals surface area contributed by atoms with Crippen molar-refractivity contribution < 1.29 is 27.6 Å². The molecule has 1 aromatic carbocycles. The van der Waals surface area contributed by atoms with Crippen molar-refractivity contribution in [1.82, 2.24) is 5.32 Å². The van der Waals surface area contributed by atoms with Gasteiger partial charge in [0.1, 0.15) is 5.75 Å². The zero-order valence-electron chi connectivity index (χ0n) is 17.4. The molecule has 5 nitrogen and oxygen atoms in total. The minimum atomic E-state index is -2.69. The summed E-state index contributed by atoms with van der Waals surface area (Å²) in [5.41, 5.74) is 0.0249. The van der Waals surface area contributed by atoms with E-state index in [-0.39, 0.29) is 12.8 Å². The summed E-state index contributed by atoms with van der Waals surface area (Å²) in [6.45, 7) is 8.40. The maximum Gasteiger partial charge on any atom is 0.494 e. The summed E-state index contributed by atoms with van der Waals surface area (Å²) >= 11 is 0. The lowest BCUT2D eigenvalue weighted by molar-refractivity contribution is -0.0901. The lowest BCUT2D eigenvalue weighted by atomic mass is 9.78. The molecule has 0 aromatic heterocycles. The predicted octanol–water partition coefficient (Wildman–Crippen LogP) is 3.30. The maximum atomic E-state index is 13.1. The Bertz CT molecular complexity index is 786. The second kappa shape index (κ2) is 6.94. The average molecular weight is 407 g/mol. The number of nitrogens with one attached hydrogen (secondary N) is 1. The number of amides is 1. The van der Waals surface area contributed by atoms with Crippen molar-refractivity contribution in [3.63, 3.8) is 0 Å². The molecule has 1 heterocycles. The molecule has 1 amide bonds. The summed E-state index contributed by atoms with van der Waals surface area (Å²) in [6, 6.07) is 4.75. The summed E-state index contributed by atoms with van der Waals surface area (Å²) in [5.74, 6) is -2.11. The van der Waals surface area contributed by atoms with Crippen molar-refractivity contribution in [3.05, 3.63) is 23.8 Å². The molecule has 0 unspecified atom stereocenters. The molecule has 29 heavy (non-hydrogen) atoms. The van der Waals surface area contributed by atoms with Gasteiger partial charge in [0.05, 0.1) is 23.4 Å². The Labute approximate surface area is 170 Å². The number of rotatable bonds is 6. The third-order valence-corrected chi connectivity index (χ3v) is 6.37. The van der Waals surface area contributed by atoms with E-state index in [0.29, 0.717) is 29.3 Å². The molecule has 1 saturated heterocycles. The summed E-state index contributed by atoms with van der Waals surface area (Å²) < 4.78 is 44.3. The smallest absolute Gasteiger partial charge is 0.492 e. The monoisotopic (exact) mass is 407 g/mol. The van der Waals surface area contributed by atoms with Crippen LogP contribution in [0.1, 0.15) is 63.7 Å². The Morgan fingerprint density at radius 1 is 1.17 bits per heavy atom. The van der Waals surface area contributed by atoms with Crippen LogP contribution in [0.2, 0.25) is 0 Å². The van der Waals surface area contributed by atoms with Crippen LogP contribution < -0.4 is 15.5 Å². The van der Waals surface area contributed by atoms with Gasteiger partial charge < -0.3 is 19.4 Å². The second-order valence-corrected chi connectivity index (χ2v) is 9.53. The summed E-state index contributed by atoms with van der Waals surface area (Å²) in [5, 5.41) is 2.70. The van der Waals surface area contributed by atoms with E-state index in [1.54, 1.807) is 12.1 Å². The molecule has 0 radical (unpaired) electrons. The Morgan fingerprint density at radius 3 is 2.34 bits per heavy atom. The molecule has 8 heteroatoms. The third kappa shape index (κ3) is 4.28. The fourth-order valence-corrected chi connectivity index (χ4v) is 3.50. The average Bonchev–Trinajstić information content (AvgIpc) is 3.38. The molecule has 4 rings (SSSR count). The van der Waals surface area contributed by atoms with E-state index in [1.807, 2.05) is 33.8 Å². The van der Waals surface area contributed by atoms with Gasteiger partial charge in [-0.25, -0.2) is 8.78 Å². The van der Waals surface area contributed by atoms with Crippen molar-refractivity contribution in [2.75, 3.05) is 6.61 Å². The molecule has 3 fully saturated rings. The highest BCUT2D eigenvalue weighted by molar-refractivity contribution is 6.62. The van der Waals surface area contributed by atoms with Crippen molar-refractivity contribution in [2.45, 2.75) is 76.5 Å². The molecule has 158 valence electrons. The SMILES string of the molecule is CC1(C)OB(c2ccc(OCC3CC3)c(C(=O)NC3CC(F)(F)C3)c2)OC1(C)C. The first-order valence-electron chi connectivity index (χ1n) is 10.3. The number of carbonyl (C=O) groups is 1. The van der Waals surface area contributed by atoms with E-state index in [0.717, 1.165) is 12.8 Å². The van der Waals surface area contributed by atoms with Gasteiger partial charge in [0.25, 0.3) is 11.8 Å². The molecule has 2 saturated carbocycles. The number of carbonyl (C=O) groups excluding carboxylic acids is 1. The number of benzene rings is 1. The fraction of sp³-hybridized carbons (Fsp3) is 0.667. The van der Waals surface area contributed by atoms with Gasteiger partial charge in [-0.15, -0.1) is 0 Å². The Morgan fingerprint density at radius 2 is 1.79 bits per heavy atom. The van der Waals surface area contributed by atoms with Crippen molar-refractivity contribution in [2.24, 2.45) is 5.92 Å². The molecule has 2 aliphatic carbocycles. The zero-order valence-corrected chi connectivity index (χ0v) is 17.4. The van der Waals surface area contributed by atoms with Crippen molar-refractivity contribution >= 4 is 18.5 Å². The molecule has 0 spiro atoms. The highest BCUT2D eigenvalue weighted by atomic mass is 19.3. The van der Waals surface area contributed by atoms with E-state index in [2.05, 4.69) is 5.32 Å². The number of hydrogen-bond donors (Lipinski definition) is 1. The van der Waals surface area contributed by atoms with Crippen molar-refractivity contribution in [1.29, 1.82) is 0 Å². The van der Waals surface area contributed by atoms with E-state index >= 15 is 0 Å². The van der Waals surface area contributed by atoms with Crippen LogP contribution >= 0.6 is 0 Å². The Kier molecular flexibility index (Phi) is 4.93. The topological polar surface area (TPSA) is 56.8 Å². The van der Waals surface area contributed by atoms with Gasteiger partial charge in [0.2, 0.25) is 0 Å². The second-order valence-electron chi connectivity index (χ2n) is 9.53. The van der Waals surface area contributed by atoms with Gasteiger partial charge in [0, 0.05) is 18.9 Å². The van der Waals surface area contributed by atoms with Gasteiger partial charge in [-0.2, -0.15) is 0 Å². The predicted molar refractivity (Wildman–Crippen MR) is 106 cm³/mol. The fourth-order valence-electron chi connectivity index (χ4n) is 3.50. The molecular weight excluding hydrogens is 379 g/mol. The van der Waals surface area contributed by atoms with Crippen LogP contribution in [0.15, 0.2) is 18.2 Å². The van der Waals surface area contributed by atoms with E-state index < -0.39 is 36.2 Å². The van der Waals surface area contributed by atoms with E-state index in [9.17, 15) is 13.6 Å². The summed E-state index contributed by atoms with van der Waals surface area (Å²) in [7, 11) is -0.614. The summed E-state index contributed by atoms with van der Waals surface area (Å²) in [6.07, 6.45) is 1.61. The number of hydrogen-bond acceptors (Lipinski definition) is 4. The molecule has 3 aliphatic rings. The minimum absolute atomic E-state index is 0.325. The Hall–Kier alpha value is -1.67. The van der Waals surface area contributed by atoms with Gasteiger partial charge >= 0.3 is 7.12 Å². The lowest BCUT2D eigenvalue weighted by Crippen LogP contribution is -2.50. The quantitative estimate of drug-likeness (QED) is 0.736. The number of alkyl halides is 2. The standard InChI is InChI=1S/C21H28BF2NO4/c1-19(2)20(3,4)29-22(28-19)14-7-8-17(27-12-13-5-6-13)16(9-14)18(26)25-15-10-21(23,24)11-15/h7-9,13,15H,5-6,10-12H2,1-4H3,(H,25,26). The first-order chi connectivity index (χ1) is 13.5. The number of halogens is 2. The maximum absolute atomic E-state index is 13.1. The van der Waals surface area contributed by atoms with Crippen LogP contribution in [0.5, 0.6) is 5.75 Å². The molecular formula is C21H28BF2NO4. The Balaban J connectivity index is 1.54. The lowest BCUT2D eigenvalue weighted by Gasteiger charge is -2.35. The highest BCUT2D eigenvalue weighted by Crippen LogP contribution is 2.38.